The van der Waals surface area contributed by atoms with Crippen molar-refractivity contribution < 1.29 is 4.92 Å². The minimum atomic E-state index is -0.375. The molecule has 0 spiro atoms. The summed E-state index contributed by atoms with van der Waals surface area (Å²) in [6.45, 7) is 1.87. The van der Waals surface area contributed by atoms with Crippen LogP contribution >= 0.6 is 11.3 Å². The van der Waals surface area contributed by atoms with E-state index >= 15 is 0 Å². The molecule has 0 unspecified atom stereocenters. The fourth-order valence-corrected chi connectivity index (χ4v) is 2.28. The van der Waals surface area contributed by atoms with E-state index in [0.717, 1.165) is 15.6 Å². The van der Waals surface area contributed by atoms with Crippen LogP contribution in [0.4, 0.5) is 10.7 Å². The highest BCUT2D eigenvalue weighted by Crippen LogP contribution is 2.34. The average Bonchev–Trinajstić information content (AvgIpc) is 2.56. The van der Waals surface area contributed by atoms with Crippen molar-refractivity contribution in [3.63, 3.8) is 0 Å². The molecule has 0 radical (unpaired) electrons. The molecule has 2 rings (SSSR count). The standard InChI is InChI=1S/C9H8N2O2S/c1-5-6-4-9(11(12)13)14-8(6)3-2-7(5)10/h2-4H,10H2,1H3. The van der Waals surface area contributed by atoms with Crippen LogP contribution in [0.15, 0.2) is 18.2 Å². The molecule has 1 heterocycles. The van der Waals surface area contributed by atoms with E-state index in [-0.39, 0.29) is 9.92 Å². The van der Waals surface area contributed by atoms with Crippen molar-refractivity contribution >= 4 is 32.1 Å². The van der Waals surface area contributed by atoms with Crippen LogP contribution in [0.25, 0.3) is 10.1 Å². The summed E-state index contributed by atoms with van der Waals surface area (Å²) in [6, 6.07) is 5.17. The minimum Gasteiger partial charge on any atom is -0.398 e. The summed E-state index contributed by atoms with van der Waals surface area (Å²) in [5, 5.41) is 11.6. The second kappa shape index (κ2) is 2.95. The molecule has 0 fully saturated rings. The number of aryl methyl sites for hydroxylation is 1. The van der Waals surface area contributed by atoms with E-state index in [1.165, 1.54) is 11.3 Å². The van der Waals surface area contributed by atoms with Gasteiger partial charge in [-0.25, -0.2) is 0 Å². The zero-order valence-electron chi connectivity index (χ0n) is 7.48. The first-order valence-electron chi connectivity index (χ1n) is 4.02. The van der Waals surface area contributed by atoms with Gasteiger partial charge in [0.25, 0.3) is 0 Å². The van der Waals surface area contributed by atoms with E-state index in [9.17, 15) is 10.1 Å². The third kappa shape index (κ3) is 1.22. The molecule has 2 N–H and O–H groups in total. The Morgan fingerprint density at radius 3 is 2.86 bits per heavy atom. The third-order valence-corrected chi connectivity index (χ3v) is 3.23. The molecule has 72 valence electrons. The molecule has 0 bridgehead atoms. The van der Waals surface area contributed by atoms with Gasteiger partial charge in [-0.15, -0.1) is 0 Å². The molecule has 14 heavy (non-hydrogen) atoms. The smallest absolute Gasteiger partial charge is 0.325 e. The predicted octanol–water partition coefficient (Wildman–Crippen LogP) is 2.70. The highest BCUT2D eigenvalue weighted by atomic mass is 32.1. The number of thiophene rings is 1. The lowest BCUT2D eigenvalue weighted by atomic mass is 10.1. The number of hydrogen-bond acceptors (Lipinski definition) is 4. The number of nitrogen functional groups attached to an aromatic ring is 1. The SMILES string of the molecule is Cc1c(N)ccc2sc([N+](=O)[O-])cc12. The van der Waals surface area contributed by atoms with Crippen molar-refractivity contribution in [2.24, 2.45) is 0 Å². The highest BCUT2D eigenvalue weighted by molar-refractivity contribution is 7.22. The van der Waals surface area contributed by atoms with E-state index in [1.807, 2.05) is 13.0 Å². The molecular weight excluding hydrogens is 200 g/mol. The fourth-order valence-electron chi connectivity index (χ4n) is 1.34. The summed E-state index contributed by atoms with van der Waals surface area (Å²) in [5.74, 6) is 0. The van der Waals surface area contributed by atoms with Crippen molar-refractivity contribution in [1.82, 2.24) is 0 Å². The lowest BCUT2D eigenvalue weighted by molar-refractivity contribution is -0.380. The summed E-state index contributed by atoms with van der Waals surface area (Å²) in [4.78, 5) is 10.2. The first-order valence-corrected chi connectivity index (χ1v) is 4.84. The molecule has 5 heteroatoms. The summed E-state index contributed by atoms with van der Waals surface area (Å²) in [6.07, 6.45) is 0. The van der Waals surface area contributed by atoms with Crippen LogP contribution < -0.4 is 5.73 Å². The molecular formula is C9H8N2O2S. The van der Waals surface area contributed by atoms with E-state index in [0.29, 0.717) is 5.69 Å². The second-order valence-electron chi connectivity index (χ2n) is 3.03. The molecule has 1 aromatic heterocycles. The topological polar surface area (TPSA) is 69.2 Å². The first-order chi connectivity index (χ1) is 6.59. The number of nitrogens with zero attached hydrogens (tertiary/aromatic N) is 1. The lowest BCUT2D eigenvalue weighted by Gasteiger charge is -1.98. The van der Waals surface area contributed by atoms with Gasteiger partial charge < -0.3 is 5.73 Å². The van der Waals surface area contributed by atoms with Crippen molar-refractivity contribution in [3.8, 4) is 0 Å². The zero-order valence-corrected chi connectivity index (χ0v) is 8.30. The van der Waals surface area contributed by atoms with Gasteiger partial charge in [0.1, 0.15) is 0 Å². The molecule has 0 amide bonds. The fraction of sp³-hybridized carbons (Fsp3) is 0.111. The number of hydrogen-bond donors (Lipinski definition) is 1. The van der Waals surface area contributed by atoms with Crippen LogP contribution in [0.1, 0.15) is 5.56 Å². The van der Waals surface area contributed by atoms with E-state index in [4.69, 9.17) is 5.73 Å². The molecule has 0 aliphatic heterocycles. The monoisotopic (exact) mass is 208 g/mol. The minimum absolute atomic E-state index is 0.161. The Balaban J connectivity index is 2.77. The van der Waals surface area contributed by atoms with Gasteiger partial charge in [0.15, 0.2) is 0 Å². The van der Waals surface area contributed by atoms with E-state index < -0.39 is 0 Å². The maximum atomic E-state index is 10.6. The molecule has 2 aromatic rings. The van der Waals surface area contributed by atoms with Gasteiger partial charge in [0, 0.05) is 21.8 Å². The van der Waals surface area contributed by atoms with Crippen LogP contribution in [0, 0.1) is 17.0 Å². The number of fused-ring (bicyclic) bond motifs is 1. The maximum absolute atomic E-state index is 10.6. The highest BCUT2D eigenvalue weighted by Gasteiger charge is 2.13. The van der Waals surface area contributed by atoms with Gasteiger partial charge in [-0.3, -0.25) is 10.1 Å². The van der Waals surface area contributed by atoms with Crippen LogP contribution in [0.3, 0.4) is 0 Å². The summed E-state index contributed by atoms with van der Waals surface area (Å²) in [7, 11) is 0. The van der Waals surface area contributed by atoms with E-state index in [1.54, 1.807) is 12.1 Å². The predicted molar refractivity (Wildman–Crippen MR) is 57.6 cm³/mol. The molecule has 1 aromatic carbocycles. The molecule has 4 nitrogen and oxygen atoms in total. The molecule has 0 saturated carbocycles. The number of benzene rings is 1. The number of anilines is 1. The molecule has 0 atom stereocenters. The maximum Gasteiger partial charge on any atom is 0.325 e. The van der Waals surface area contributed by atoms with Gasteiger partial charge in [-0.05, 0) is 24.6 Å². The Hall–Kier alpha value is -1.62. The Morgan fingerprint density at radius 1 is 1.50 bits per heavy atom. The number of nitro groups is 1. The normalized spacial score (nSPS) is 10.6. The quantitative estimate of drug-likeness (QED) is 0.445. The van der Waals surface area contributed by atoms with Crippen LogP contribution in [0.2, 0.25) is 0 Å². The Labute approximate surface area is 84.1 Å². The summed E-state index contributed by atoms with van der Waals surface area (Å²) < 4.78 is 0.906. The summed E-state index contributed by atoms with van der Waals surface area (Å²) in [5.41, 5.74) is 7.29. The van der Waals surface area contributed by atoms with Gasteiger partial charge >= 0.3 is 5.00 Å². The van der Waals surface area contributed by atoms with Gasteiger partial charge in [-0.2, -0.15) is 0 Å². The van der Waals surface area contributed by atoms with Crippen LogP contribution in [-0.2, 0) is 0 Å². The first kappa shape index (κ1) is 8.96. The van der Waals surface area contributed by atoms with Crippen molar-refractivity contribution in [1.29, 1.82) is 0 Å². The third-order valence-electron chi connectivity index (χ3n) is 2.18. The van der Waals surface area contributed by atoms with Crippen LogP contribution in [-0.4, -0.2) is 4.92 Å². The largest absolute Gasteiger partial charge is 0.398 e. The van der Waals surface area contributed by atoms with Gasteiger partial charge in [-0.1, -0.05) is 11.3 Å². The van der Waals surface area contributed by atoms with Gasteiger partial charge in [0.05, 0.1) is 4.92 Å². The van der Waals surface area contributed by atoms with Crippen molar-refractivity contribution in [3.05, 3.63) is 33.9 Å². The number of nitrogens with two attached hydrogens (primary N) is 1. The van der Waals surface area contributed by atoms with Crippen molar-refractivity contribution in [2.45, 2.75) is 6.92 Å². The molecule has 0 aliphatic rings. The molecule has 0 aliphatic carbocycles. The zero-order chi connectivity index (χ0) is 10.3. The number of rotatable bonds is 1. The Bertz CT molecular complexity index is 519. The Morgan fingerprint density at radius 2 is 2.21 bits per heavy atom. The summed E-state index contributed by atoms with van der Waals surface area (Å²) >= 11 is 1.17. The second-order valence-corrected chi connectivity index (χ2v) is 4.10. The average molecular weight is 208 g/mol. The van der Waals surface area contributed by atoms with E-state index in [2.05, 4.69) is 0 Å². The lowest BCUT2D eigenvalue weighted by Crippen LogP contribution is -1.87. The molecule has 0 saturated heterocycles. The van der Waals surface area contributed by atoms with Crippen LogP contribution in [0.5, 0.6) is 0 Å². The van der Waals surface area contributed by atoms with Crippen molar-refractivity contribution in [2.75, 3.05) is 5.73 Å². The Kier molecular flexibility index (Phi) is 1.89. The van der Waals surface area contributed by atoms with Gasteiger partial charge in [0.2, 0.25) is 0 Å².